The van der Waals surface area contributed by atoms with Gasteiger partial charge in [0.25, 0.3) is 10.0 Å². The highest BCUT2D eigenvalue weighted by atomic mass is 32.2. The van der Waals surface area contributed by atoms with Crippen molar-refractivity contribution in [3.63, 3.8) is 0 Å². The summed E-state index contributed by atoms with van der Waals surface area (Å²) in [4.78, 5) is -0.256. The lowest BCUT2D eigenvalue weighted by Gasteiger charge is -2.31. The van der Waals surface area contributed by atoms with Crippen LogP contribution in [0.25, 0.3) is 11.1 Å². The van der Waals surface area contributed by atoms with Gasteiger partial charge in [0.2, 0.25) is 0 Å². The van der Waals surface area contributed by atoms with E-state index in [1.165, 1.54) is 7.11 Å². The van der Waals surface area contributed by atoms with Gasteiger partial charge in [-0.1, -0.05) is 12.1 Å². The number of fused-ring (bicyclic) bond motifs is 1. The third kappa shape index (κ3) is 4.19. The molecule has 0 bridgehead atoms. The summed E-state index contributed by atoms with van der Waals surface area (Å²) in [5.41, 5.74) is 1.03. The molecule has 0 radical (unpaired) electrons. The number of anilines is 1. The fourth-order valence-corrected chi connectivity index (χ4v) is 4.98. The molecule has 1 aliphatic heterocycles. The monoisotopic (exact) mass is 474 g/mol. The predicted molar refractivity (Wildman–Crippen MR) is 115 cm³/mol. The van der Waals surface area contributed by atoms with Gasteiger partial charge < -0.3 is 9.47 Å². The number of rotatable bonds is 4. The third-order valence-corrected chi connectivity index (χ3v) is 7.03. The molecule has 0 atom stereocenters. The Labute approximate surface area is 188 Å². The number of hydrogen-bond acceptors (Lipinski definition) is 5. The van der Waals surface area contributed by atoms with Crippen LogP contribution in [0.4, 0.5) is 18.9 Å². The van der Waals surface area contributed by atoms with Crippen molar-refractivity contribution in [2.45, 2.75) is 11.1 Å². The van der Waals surface area contributed by atoms with Crippen LogP contribution in [-0.2, 0) is 16.2 Å². The zero-order chi connectivity index (χ0) is 23.8. The van der Waals surface area contributed by atoms with E-state index < -0.39 is 21.8 Å². The van der Waals surface area contributed by atoms with E-state index in [2.05, 4.69) is 0 Å². The van der Waals surface area contributed by atoms with Crippen LogP contribution in [0.1, 0.15) is 11.1 Å². The van der Waals surface area contributed by atoms with Crippen LogP contribution in [0.3, 0.4) is 0 Å². The number of sulfonamides is 1. The topological polar surface area (TPSA) is 79.6 Å². The van der Waals surface area contributed by atoms with Gasteiger partial charge in [0, 0.05) is 0 Å². The number of nitriles is 1. The highest BCUT2D eigenvalue weighted by Crippen LogP contribution is 2.39. The molecule has 0 saturated carbocycles. The van der Waals surface area contributed by atoms with Crippen LogP contribution in [0, 0.1) is 11.3 Å². The van der Waals surface area contributed by atoms with Crippen molar-refractivity contribution < 1.29 is 31.1 Å². The zero-order valence-electron chi connectivity index (χ0n) is 17.3. The Morgan fingerprint density at radius 3 is 2.33 bits per heavy atom. The first kappa shape index (κ1) is 22.5. The number of halogens is 3. The number of methoxy groups -OCH3 is 1. The molecular weight excluding hydrogens is 457 g/mol. The van der Waals surface area contributed by atoms with Gasteiger partial charge in [0.1, 0.15) is 24.2 Å². The lowest BCUT2D eigenvalue weighted by Crippen LogP contribution is -2.38. The van der Waals surface area contributed by atoms with E-state index in [1.807, 2.05) is 6.07 Å². The largest absolute Gasteiger partial charge is 0.495 e. The molecule has 0 saturated heterocycles. The fraction of sp³-hybridized carbons (Fsp3) is 0.174. The standard InChI is InChI=1S/C23H17F3N2O4S/c1-31-22-13-16(2-3-17(22)14-27)15-4-9-21-20(12-15)28(10-11-32-21)33(29,30)19-7-5-18(6-8-19)23(24,25)26/h2-9,12-13H,10-11H2,1H3. The van der Waals surface area contributed by atoms with Gasteiger partial charge in [0.05, 0.1) is 35.4 Å². The molecule has 0 unspecified atom stereocenters. The minimum absolute atomic E-state index is 0.00347. The van der Waals surface area contributed by atoms with Crippen molar-refractivity contribution in [3.8, 4) is 28.7 Å². The molecule has 0 fully saturated rings. The quantitative estimate of drug-likeness (QED) is 0.541. The van der Waals surface area contributed by atoms with Crippen LogP contribution in [-0.4, -0.2) is 28.7 Å². The maximum absolute atomic E-state index is 13.3. The summed E-state index contributed by atoms with van der Waals surface area (Å²) < 4.78 is 77.1. The van der Waals surface area contributed by atoms with Gasteiger partial charge in [-0.3, -0.25) is 4.31 Å². The van der Waals surface area contributed by atoms with E-state index in [9.17, 15) is 26.9 Å². The first-order valence-corrected chi connectivity index (χ1v) is 11.1. The molecule has 170 valence electrons. The molecule has 0 aliphatic carbocycles. The van der Waals surface area contributed by atoms with Gasteiger partial charge >= 0.3 is 6.18 Å². The average Bonchev–Trinajstić information content (AvgIpc) is 2.82. The molecule has 0 aromatic heterocycles. The Bertz CT molecular complexity index is 1350. The molecule has 3 aromatic rings. The SMILES string of the molecule is COc1cc(-c2ccc3c(c2)N(S(=O)(=O)c2ccc(C(F)(F)F)cc2)CCO3)ccc1C#N. The van der Waals surface area contributed by atoms with Crippen molar-refractivity contribution in [1.82, 2.24) is 0 Å². The van der Waals surface area contributed by atoms with Crippen molar-refractivity contribution in [2.75, 3.05) is 24.6 Å². The Morgan fingerprint density at radius 2 is 1.70 bits per heavy atom. The van der Waals surface area contributed by atoms with E-state index in [1.54, 1.807) is 36.4 Å². The average molecular weight is 474 g/mol. The van der Waals surface area contributed by atoms with Crippen LogP contribution >= 0.6 is 0 Å². The molecule has 0 amide bonds. The molecule has 1 aliphatic rings. The summed E-state index contributed by atoms with van der Waals surface area (Å²) in [6.45, 7) is 0.0907. The van der Waals surface area contributed by atoms with Gasteiger partial charge in [-0.05, 0) is 59.7 Å². The molecule has 6 nitrogen and oxygen atoms in total. The van der Waals surface area contributed by atoms with Gasteiger partial charge in [0.15, 0.2) is 0 Å². The fourth-order valence-electron chi connectivity index (χ4n) is 3.53. The molecule has 3 aromatic carbocycles. The lowest BCUT2D eigenvalue weighted by molar-refractivity contribution is -0.137. The van der Waals surface area contributed by atoms with Gasteiger partial charge in [-0.2, -0.15) is 18.4 Å². The number of ether oxygens (including phenoxy) is 2. The Hall–Kier alpha value is -3.71. The maximum Gasteiger partial charge on any atom is 0.416 e. The second-order valence-electron chi connectivity index (χ2n) is 7.16. The van der Waals surface area contributed by atoms with Crippen molar-refractivity contribution >= 4 is 15.7 Å². The van der Waals surface area contributed by atoms with Crippen molar-refractivity contribution in [2.24, 2.45) is 0 Å². The first-order valence-electron chi connectivity index (χ1n) is 9.70. The summed E-state index contributed by atoms with van der Waals surface area (Å²) >= 11 is 0. The lowest BCUT2D eigenvalue weighted by atomic mass is 10.0. The molecule has 1 heterocycles. The maximum atomic E-state index is 13.3. The van der Waals surface area contributed by atoms with Crippen LogP contribution < -0.4 is 13.8 Å². The summed E-state index contributed by atoms with van der Waals surface area (Å²) in [5, 5.41) is 9.18. The minimum Gasteiger partial charge on any atom is -0.495 e. The summed E-state index contributed by atoms with van der Waals surface area (Å²) in [5.74, 6) is 0.708. The van der Waals surface area contributed by atoms with E-state index in [-0.39, 0.29) is 23.7 Å². The highest BCUT2D eigenvalue weighted by molar-refractivity contribution is 7.92. The smallest absolute Gasteiger partial charge is 0.416 e. The van der Waals surface area contributed by atoms with Crippen LogP contribution in [0.5, 0.6) is 11.5 Å². The second-order valence-corrected chi connectivity index (χ2v) is 9.02. The predicted octanol–water partition coefficient (Wildman–Crippen LogP) is 4.84. The zero-order valence-corrected chi connectivity index (χ0v) is 18.1. The summed E-state index contributed by atoms with van der Waals surface area (Å²) in [7, 11) is -2.70. The normalized spacial score (nSPS) is 13.6. The Kier molecular flexibility index (Phi) is 5.68. The van der Waals surface area contributed by atoms with E-state index in [4.69, 9.17) is 9.47 Å². The van der Waals surface area contributed by atoms with Gasteiger partial charge in [-0.25, -0.2) is 8.42 Å². The van der Waals surface area contributed by atoms with E-state index in [0.29, 0.717) is 28.2 Å². The molecule has 0 spiro atoms. The number of benzene rings is 3. The molecule has 33 heavy (non-hydrogen) atoms. The highest BCUT2D eigenvalue weighted by Gasteiger charge is 2.33. The summed E-state index contributed by atoms with van der Waals surface area (Å²) in [6.07, 6.45) is -4.56. The van der Waals surface area contributed by atoms with E-state index >= 15 is 0 Å². The van der Waals surface area contributed by atoms with Crippen molar-refractivity contribution in [3.05, 3.63) is 71.8 Å². The van der Waals surface area contributed by atoms with Crippen LogP contribution in [0.15, 0.2) is 65.6 Å². The molecule has 10 heteroatoms. The number of nitrogens with zero attached hydrogens (tertiary/aromatic N) is 2. The summed E-state index contributed by atoms with van der Waals surface area (Å²) in [6, 6.07) is 15.4. The molecule has 4 rings (SSSR count). The Balaban J connectivity index is 1.75. The third-order valence-electron chi connectivity index (χ3n) is 5.20. The molecule has 0 N–H and O–H groups in total. The first-order chi connectivity index (χ1) is 15.6. The second kappa shape index (κ2) is 8.33. The number of hydrogen-bond donors (Lipinski definition) is 0. The minimum atomic E-state index is -4.56. The Morgan fingerprint density at radius 1 is 1.03 bits per heavy atom. The number of alkyl halides is 3. The molecular formula is C23H17F3N2O4S. The van der Waals surface area contributed by atoms with Crippen LogP contribution in [0.2, 0.25) is 0 Å². The van der Waals surface area contributed by atoms with E-state index in [0.717, 1.165) is 28.6 Å². The van der Waals surface area contributed by atoms with Gasteiger partial charge in [-0.15, -0.1) is 0 Å². The van der Waals surface area contributed by atoms with Crippen molar-refractivity contribution in [1.29, 1.82) is 5.26 Å².